The van der Waals surface area contributed by atoms with Crippen molar-refractivity contribution in [1.82, 2.24) is 0 Å². The van der Waals surface area contributed by atoms with Gasteiger partial charge in [-0.3, -0.25) is 4.79 Å². The average molecular weight is 442 g/mol. The molecular weight excluding hydrogens is 420 g/mol. The van der Waals surface area contributed by atoms with Gasteiger partial charge in [-0.1, -0.05) is 39.0 Å². The molecule has 0 radical (unpaired) electrons. The number of allylic oxidation sites excluding steroid dienone is 1. The standard InChI is InChI=1S/C27H22O6/c1-27(2,3)18-7-5-17(6-8-18)26(29)32-19-9-10-20-22(14-19)33-24(25(20)28)13-16-4-11-21-23(12-16)31-15-30-21/h4-14H,15H2,1-3H3/b24-13-. The molecule has 0 fully saturated rings. The van der Waals surface area contributed by atoms with E-state index in [1.54, 1.807) is 48.5 Å². The summed E-state index contributed by atoms with van der Waals surface area (Å²) in [6, 6.07) is 17.5. The van der Waals surface area contributed by atoms with E-state index in [0.29, 0.717) is 34.1 Å². The number of carbonyl (C=O) groups is 2. The third-order valence-corrected chi connectivity index (χ3v) is 5.53. The summed E-state index contributed by atoms with van der Waals surface area (Å²) in [5.41, 5.74) is 2.74. The number of rotatable bonds is 3. The van der Waals surface area contributed by atoms with Crippen molar-refractivity contribution in [1.29, 1.82) is 0 Å². The summed E-state index contributed by atoms with van der Waals surface area (Å²) < 4.78 is 22.0. The van der Waals surface area contributed by atoms with Crippen LogP contribution in [0.5, 0.6) is 23.0 Å². The molecule has 2 aliphatic rings. The van der Waals surface area contributed by atoms with Crippen molar-refractivity contribution >= 4 is 17.8 Å². The maximum Gasteiger partial charge on any atom is 0.343 e. The molecule has 0 atom stereocenters. The zero-order chi connectivity index (χ0) is 23.2. The van der Waals surface area contributed by atoms with Gasteiger partial charge in [-0.2, -0.15) is 0 Å². The fourth-order valence-electron chi connectivity index (χ4n) is 3.66. The van der Waals surface area contributed by atoms with Crippen molar-refractivity contribution in [2.24, 2.45) is 0 Å². The number of benzene rings is 3. The summed E-state index contributed by atoms with van der Waals surface area (Å²) in [6.07, 6.45) is 1.65. The van der Waals surface area contributed by atoms with Gasteiger partial charge in [0.2, 0.25) is 12.6 Å². The largest absolute Gasteiger partial charge is 0.454 e. The van der Waals surface area contributed by atoms with E-state index in [4.69, 9.17) is 18.9 Å². The second-order valence-corrected chi connectivity index (χ2v) is 8.93. The summed E-state index contributed by atoms with van der Waals surface area (Å²) in [7, 11) is 0. The van der Waals surface area contributed by atoms with Crippen molar-refractivity contribution < 1.29 is 28.5 Å². The molecular formula is C27H22O6. The number of ketones is 1. The maximum atomic E-state index is 12.7. The van der Waals surface area contributed by atoms with Crippen LogP contribution < -0.4 is 18.9 Å². The van der Waals surface area contributed by atoms with E-state index in [9.17, 15) is 9.59 Å². The SMILES string of the molecule is CC(C)(C)c1ccc(C(=O)Oc2ccc3c(c2)O/C(=C\c2ccc4c(c2)OCO4)C3=O)cc1. The Morgan fingerprint density at radius 2 is 1.67 bits per heavy atom. The van der Waals surface area contributed by atoms with Gasteiger partial charge in [-0.05, 0) is 59.0 Å². The molecule has 6 heteroatoms. The molecule has 0 unspecified atom stereocenters. The fourth-order valence-corrected chi connectivity index (χ4v) is 3.66. The second-order valence-electron chi connectivity index (χ2n) is 8.93. The van der Waals surface area contributed by atoms with Gasteiger partial charge < -0.3 is 18.9 Å². The summed E-state index contributed by atoms with van der Waals surface area (Å²) >= 11 is 0. The van der Waals surface area contributed by atoms with Gasteiger partial charge in [-0.15, -0.1) is 0 Å². The molecule has 0 spiro atoms. The zero-order valence-corrected chi connectivity index (χ0v) is 18.5. The number of fused-ring (bicyclic) bond motifs is 2. The number of esters is 1. The van der Waals surface area contributed by atoms with Crippen molar-refractivity contribution in [3.8, 4) is 23.0 Å². The van der Waals surface area contributed by atoms with Gasteiger partial charge >= 0.3 is 5.97 Å². The smallest absolute Gasteiger partial charge is 0.343 e. The molecule has 6 nitrogen and oxygen atoms in total. The van der Waals surface area contributed by atoms with Crippen LogP contribution in [0, 0.1) is 0 Å². The number of Topliss-reactive ketones (excluding diaryl/α,β-unsaturated/α-hetero) is 1. The van der Waals surface area contributed by atoms with Crippen LogP contribution in [0.4, 0.5) is 0 Å². The molecule has 0 N–H and O–H groups in total. The normalized spacial score (nSPS) is 15.4. The van der Waals surface area contributed by atoms with Crippen molar-refractivity contribution in [3.05, 3.63) is 88.7 Å². The van der Waals surface area contributed by atoms with E-state index >= 15 is 0 Å². The number of hydrogen-bond donors (Lipinski definition) is 0. The first-order chi connectivity index (χ1) is 15.8. The van der Waals surface area contributed by atoms with Crippen LogP contribution >= 0.6 is 0 Å². The first-order valence-electron chi connectivity index (χ1n) is 10.6. The van der Waals surface area contributed by atoms with E-state index in [-0.39, 0.29) is 23.8 Å². The molecule has 0 aromatic heterocycles. The number of hydrogen-bond acceptors (Lipinski definition) is 6. The summed E-state index contributed by atoms with van der Waals surface area (Å²) in [4.78, 5) is 25.3. The molecule has 0 amide bonds. The van der Waals surface area contributed by atoms with Crippen LogP contribution in [0.15, 0.2) is 66.4 Å². The third-order valence-electron chi connectivity index (χ3n) is 5.53. The van der Waals surface area contributed by atoms with Crippen LogP contribution in [0.3, 0.4) is 0 Å². The first kappa shape index (κ1) is 20.8. The Kier molecular flexibility index (Phi) is 4.93. The zero-order valence-electron chi connectivity index (χ0n) is 18.5. The van der Waals surface area contributed by atoms with E-state index in [1.807, 2.05) is 18.2 Å². The lowest BCUT2D eigenvalue weighted by molar-refractivity contribution is 0.0734. The molecule has 0 aliphatic carbocycles. The first-order valence-corrected chi connectivity index (χ1v) is 10.6. The lowest BCUT2D eigenvalue weighted by Gasteiger charge is -2.18. The molecule has 166 valence electrons. The van der Waals surface area contributed by atoms with Crippen LogP contribution in [0.2, 0.25) is 0 Å². The fraction of sp³-hybridized carbons (Fsp3) is 0.185. The Morgan fingerprint density at radius 3 is 2.42 bits per heavy atom. The predicted molar refractivity (Wildman–Crippen MR) is 122 cm³/mol. The van der Waals surface area contributed by atoms with Crippen molar-refractivity contribution in [3.63, 3.8) is 0 Å². The Morgan fingerprint density at radius 1 is 0.909 bits per heavy atom. The highest BCUT2D eigenvalue weighted by atomic mass is 16.7. The Balaban J connectivity index is 1.32. The highest BCUT2D eigenvalue weighted by Gasteiger charge is 2.28. The molecule has 2 aliphatic heterocycles. The lowest BCUT2D eigenvalue weighted by Crippen LogP contribution is -2.12. The molecule has 3 aromatic rings. The molecule has 0 bridgehead atoms. The topological polar surface area (TPSA) is 71.1 Å². The van der Waals surface area contributed by atoms with E-state index < -0.39 is 5.97 Å². The Labute approximate surface area is 191 Å². The van der Waals surface area contributed by atoms with E-state index in [0.717, 1.165) is 11.1 Å². The molecule has 5 rings (SSSR count). The minimum absolute atomic E-state index is 0.00187. The van der Waals surface area contributed by atoms with E-state index in [2.05, 4.69) is 20.8 Å². The van der Waals surface area contributed by atoms with Gasteiger partial charge in [0, 0.05) is 6.07 Å². The number of ether oxygens (including phenoxy) is 4. The minimum atomic E-state index is -0.476. The monoisotopic (exact) mass is 442 g/mol. The third kappa shape index (κ3) is 4.07. The van der Waals surface area contributed by atoms with Crippen LogP contribution in [0.25, 0.3) is 6.08 Å². The summed E-state index contributed by atoms with van der Waals surface area (Å²) in [5, 5.41) is 0. The molecule has 3 aromatic carbocycles. The molecule has 33 heavy (non-hydrogen) atoms. The highest BCUT2D eigenvalue weighted by molar-refractivity contribution is 6.14. The lowest BCUT2D eigenvalue weighted by atomic mass is 9.87. The van der Waals surface area contributed by atoms with Crippen LogP contribution in [-0.4, -0.2) is 18.5 Å². The average Bonchev–Trinajstić information content (AvgIpc) is 3.37. The van der Waals surface area contributed by atoms with Gasteiger partial charge in [0.1, 0.15) is 11.5 Å². The molecule has 0 saturated carbocycles. The molecule has 2 heterocycles. The minimum Gasteiger partial charge on any atom is -0.454 e. The van der Waals surface area contributed by atoms with E-state index in [1.165, 1.54) is 0 Å². The summed E-state index contributed by atoms with van der Waals surface area (Å²) in [6.45, 7) is 6.52. The highest BCUT2D eigenvalue weighted by Crippen LogP contribution is 2.37. The second kappa shape index (κ2) is 7.81. The summed E-state index contributed by atoms with van der Waals surface area (Å²) in [5.74, 6) is 1.41. The maximum absolute atomic E-state index is 12.7. The van der Waals surface area contributed by atoms with Crippen LogP contribution in [0.1, 0.15) is 52.6 Å². The quantitative estimate of drug-likeness (QED) is 0.301. The van der Waals surface area contributed by atoms with Gasteiger partial charge in [0.15, 0.2) is 17.3 Å². The Bertz CT molecular complexity index is 1300. The van der Waals surface area contributed by atoms with Crippen LogP contribution in [-0.2, 0) is 5.41 Å². The van der Waals surface area contributed by atoms with Gasteiger partial charge in [0.25, 0.3) is 0 Å². The van der Waals surface area contributed by atoms with Crippen molar-refractivity contribution in [2.75, 3.05) is 6.79 Å². The number of carbonyl (C=O) groups excluding carboxylic acids is 2. The predicted octanol–water partition coefficient (Wildman–Crippen LogP) is 5.55. The van der Waals surface area contributed by atoms with Crippen molar-refractivity contribution in [2.45, 2.75) is 26.2 Å². The van der Waals surface area contributed by atoms with Gasteiger partial charge in [0.05, 0.1) is 11.1 Å². The van der Waals surface area contributed by atoms with Gasteiger partial charge in [-0.25, -0.2) is 4.79 Å². The Hall–Kier alpha value is -4.06. The molecule has 0 saturated heterocycles.